The Kier molecular flexibility index (Phi) is 5.17. The number of nitrogens with zero attached hydrogens (tertiary/aromatic N) is 2. The Morgan fingerprint density at radius 3 is 2.33 bits per heavy atom. The summed E-state index contributed by atoms with van der Waals surface area (Å²) in [7, 11) is 5.29. The minimum absolute atomic E-state index is 0.171. The molecule has 0 bridgehead atoms. The van der Waals surface area contributed by atoms with Gasteiger partial charge in [-0.2, -0.15) is 0 Å². The monoisotopic (exact) mass is 250 g/mol. The summed E-state index contributed by atoms with van der Waals surface area (Å²) >= 11 is 0. The topological polar surface area (TPSA) is 51.1 Å². The molecular weight excluding hydrogens is 232 g/mol. The second-order valence-corrected chi connectivity index (χ2v) is 3.78. The minimum Gasteiger partial charge on any atom is -0.461 e. The number of esters is 1. The predicted molar refractivity (Wildman–Crippen MR) is 70.9 cm³/mol. The second kappa shape index (κ2) is 6.64. The molecule has 0 atom stereocenters. The van der Waals surface area contributed by atoms with E-state index in [1.807, 2.05) is 43.3 Å². The second-order valence-electron chi connectivity index (χ2n) is 3.78. The van der Waals surface area contributed by atoms with E-state index in [4.69, 9.17) is 4.74 Å². The van der Waals surface area contributed by atoms with Crippen LogP contribution >= 0.6 is 0 Å². The van der Waals surface area contributed by atoms with Crippen LogP contribution in [0.4, 0.5) is 5.69 Å². The number of oxime groups is 1. The largest absolute Gasteiger partial charge is 0.461 e. The van der Waals surface area contributed by atoms with E-state index in [0.717, 1.165) is 5.69 Å². The first-order chi connectivity index (χ1) is 8.60. The molecule has 1 aromatic rings. The van der Waals surface area contributed by atoms with Gasteiger partial charge in [0.05, 0.1) is 6.61 Å². The van der Waals surface area contributed by atoms with Crippen molar-refractivity contribution < 1.29 is 14.4 Å². The van der Waals surface area contributed by atoms with E-state index in [1.54, 1.807) is 6.92 Å². The summed E-state index contributed by atoms with van der Waals surface area (Å²) in [6.07, 6.45) is 0. The van der Waals surface area contributed by atoms with Crippen LogP contribution in [0.1, 0.15) is 12.5 Å². The van der Waals surface area contributed by atoms with Crippen LogP contribution in [-0.2, 0) is 14.4 Å². The lowest BCUT2D eigenvalue weighted by Crippen LogP contribution is -2.19. The molecule has 0 aromatic heterocycles. The van der Waals surface area contributed by atoms with E-state index in [2.05, 4.69) is 9.99 Å². The Morgan fingerprint density at radius 2 is 1.89 bits per heavy atom. The van der Waals surface area contributed by atoms with E-state index in [-0.39, 0.29) is 5.71 Å². The lowest BCUT2D eigenvalue weighted by atomic mass is 10.1. The van der Waals surface area contributed by atoms with Crippen LogP contribution in [0.15, 0.2) is 29.4 Å². The molecule has 0 saturated heterocycles. The summed E-state index contributed by atoms with van der Waals surface area (Å²) in [5.74, 6) is -0.489. The van der Waals surface area contributed by atoms with E-state index >= 15 is 0 Å². The Hall–Kier alpha value is -2.04. The highest BCUT2D eigenvalue weighted by molar-refractivity contribution is 6.43. The number of hydrogen-bond acceptors (Lipinski definition) is 5. The zero-order valence-electron chi connectivity index (χ0n) is 11.1. The third-order valence-corrected chi connectivity index (χ3v) is 2.31. The third-order valence-electron chi connectivity index (χ3n) is 2.31. The molecule has 0 aliphatic carbocycles. The fourth-order valence-corrected chi connectivity index (χ4v) is 1.42. The van der Waals surface area contributed by atoms with Gasteiger partial charge in [0.15, 0.2) is 5.71 Å². The smallest absolute Gasteiger partial charge is 0.361 e. The van der Waals surface area contributed by atoms with Crippen LogP contribution in [0, 0.1) is 0 Å². The van der Waals surface area contributed by atoms with Crippen molar-refractivity contribution in [3.8, 4) is 0 Å². The lowest BCUT2D eigenvalue weighted by molar-refractivity contribution is -0.135. The number of carbonyl (C=O) groups is 1. The fraction of sp³-hybridized carbons (Fsp3) is 0.385. The number of rotatable bonds is 5. The van der Waals surface area contributed by atoms with Gasteiger partial charge < -0.3 is 14.5 Å². The van der Waals surface area contributed by atoms with Crippen molar-refractivity contribution in [3.05, 3.63) is 29.8 Å². The fourth-order valence-electron chi connectivity index (χ4n) is 1.42. The van der Waals surface area contributed by atoms with Crippen molar-refractivity contribution >= 4 is 17.4 Å². The average molecular weight is 250 g/mol. The summed E-state index contributed by atoms with van der Waals surface area (Å²) in [6, 6.07) is 7.42. The molecule has 0 N–H and O–H groups in total. The zero-order chi connectivity index (χ0) is 13.5. The molecule has 0 aliphatic heterocycles. The molecule has 0 fully saturated rings. The van der Waals surface area contributed by atoms with Gasteiger partial charge in [0.25, 0.3) is 0 Å². The molecule has 0 aliphatic rings. The van der Waals surface area contributed by atoms with Gasteiger partial charge in [0.1, 0.15) is 7.11 Å². The number of hydrogen-bond donors (Lipinski definition) is 0. The van der Waals surface area contributed by atoms with Crippen LogP contribution in [0.2, 0.25) is 0 Å². The maximum atomic E-state index is 11.7. The van der Waals surface area contributed by atoms with E-state index in [9.17, 15) is 4.79 Å². The van der Waals surface area contributed by atoms with Crippen LogP contribution in [-0.4, -0.2) is 39.5 Å². The van der Waals surface area contributed by atoms with Crippen LogP contribution in [0.5, 0.6) is 0 Å². The summed E-state index contributed by atoms with van der Waals surface area (Å²) in [5, 5.41) is 3.72. The number of benzene rings is 1. The Bertz CT molecular complexity index is 424. The van der Waals surface area contributed by atoms with Gasteiger partial charge in [-0.1, -0.05) is 17.3 Å². The van der Waals surface area contributed by atoms with E-state index in [0.29, 0.717) is 12.2 Å². The molecule has 18 heavy (non-hydrogen) atoms. The molecule has 0 radical (unpaired) electrons. The summed E-state index contributed by atoms with van der Waals surface area (Å²) in [4.78, 5) is 18.4. The quantitative estimate of drug-likeness (QED) is 0.453. The molecule has 98 valence electrons. The van der Waals surface area contributed by atoms with Gasteiger partial charge in [-0.05, 0) is 19.1 Å². The van der Waals surface area contributed by atoms with Gasteiger partial charge in [0, 0.05) is 25.3 Å². The minimum atomic E-state index is -0.489. The van der Waals surface area contributed by atoms with Gasteiger partial charge in [0.2, 0.25) is 0 Å². The molecule has 0 spiro atoms. The normalized spacial score (nSPS) is 11.0. The van der Waals surface area contributed by atoms with Gasteiger partial charge in [-0.15, -0.1) is 0 Å². The summed E-state index contributed by atoms with van der Waals surface area (Å²) in [6.45, 7) is 2.05. The highest BCUT2D eigenvalue weighted by Crippen LogP contribution is 2.13. The molecular formula is C13H18N2O3. The van der Waals surface area contributed by atoms with Crippen LogP contribution in [0.3, 0.4) is 0 Å². The SMILES string of the molecule is CCOC(=O)C(=NOC)c1ccc(N(C)C)cc1. The van der Waals surface area contributed by atoms with Crippen LogP contribution < -0.4 is 4.90 Å². The first kappa shape index (κ1) is 14.0. The molecule has 0 unspecified atom stereocenters. The van der Waals surface area contributed by atoms with Crippen molar-refractivity contribution in [3.63, 3.8) is 0 Å². The Balaban J connectivity index is 3.00. The molecule has 5 nitrogen and oxygen atoms in total. The maximum absolute atomic E-state index is 11.7. The van der Waals surface area contributed by atoms with Gasteiger partial charge >= 0.3 is 5.97 Å². The zero-order valence-corrected chi connectivity index (χ0v) is 11.1. The maximum Gasteiger partial charge on any atom is 0.361 e. The predicted octanol–water partition coefficient (Wildman–Crippen LogP) is 1.67. The van der Waals surface area contributed by atoms with E-state index < -0.39 is 5.97 Å². The van der Waals surface area contributed by atoms with E-state index in [1.165, 1.54) is 7.11 Å². The van der Waals surface area contributed by atoms with Crippen LogP contribution in [0.25, 0.3) is 0 Å². The summed E-state index contributed by atoms with van der Waals surface area (Å²) in [5.41, 5.74) is 1.88. The van der Waals surface area contributed by atoms with Crippen molar-refractivity contribution in [1.82, 2.24) is 0 Å². The highest BCUT2D eigenvalue weighted by Gasteiger charge is 2.16. The summed E-state index contributed by atoms with van der Waals surface area (Å²) < 4.78 is 4.93. The number of anilines is 1. The Labute approximate surface area is 107 Å². The molecule has 0 amide bonds. The Morgan fingerprint density at radius 1 is 1.28 bits per heavy atom. The van der Waals surface area contributed by atoms with Crippen molar-refractivity contribution in [2.75, 3.05) is 32.7 Å². The van der Waals surface area contributed by atoms with Crippen molar-refractivity contribution in [2.24, 2.45) is 5.16 Å². The molecule has 0 saturated carbocycles. The first-order valence-electron chi connectivity index (χ1n) is 5.66. The molecule has 1 aromatic carbocycles. The van der Waals surface area contributed by atoms with Gasteiger partial charge in [-0.3, -0.25) is 0 Å². The third kappa shape index (κ3) is 3.48. The number of carbonyl (C=O) groups excluding carboxylic acids is 1. The standard InChI is InChI=1S/C13H18N2O3/c1-5-18-13(16)12(14-17-4)10-6-8-11(9-7-10)15(2)3/h6-9H,5H2,1-4H3. The van der Waals surface area contributed by atoms with Crippen molar-refractivity contribution in [2.45, 2.75) is 6.92 Å². The average Bonchev–Trinajstić information content (AvgIpc) is 2.36. The molecule has 0 heterocycles. The lowest BCUT2D eigenvalue weighted by Gasteiger charge is -2.12. The molecule has 5 heteroatoms. The van der Waals surface area contributed by atoms with Gasteiger partial charge in [-0.25, -0.2) is 4.79 Å². The first-order valence-corrected chi connectivity index (χ1v) is 5.66. The number of ether oxygens (including phenoxy) is 1. The van der Waals surface area contributed by atoms with Crippen molar-refractivity contribution in [1.29, 1.82) is 0 Å². The molecule has 1 rings (SSSR count). The highest BCUT2D eigenvalue weighted by atomic mass is 16.6.